The van der Waals surface area contributed by atoms with Crippen LogP contribution in [-0.2, 0) is 0 Å². The smallest absolute Gasteiger partial charge is 0.158 e. The second-order valence-corrected chi connectivity index (χ2v) is 3.72. The summed E-state index contributed by atoms with van der Waals surface area (Å²) in [5, 5.41) is 3.20. The van der Waals surface area contributed by atoms with Crippen LogP contribution in [0.25, 0.3) is 5.82 Å². The zero-order valence-corrected chi connectivity index (χ0v) is 9.56. The number of hydrogen-bond donors (Lipinski definition) is 1. The van der Waals surface area contributed by atoms with Crippen molar-refractivity contribution >= 4 is 11.5 Å². The van der Waals surface area contributed by atoms with Gasteiger partial charge in [0.05, 0.1) is 12.4 Å². The molecule has 0 fully saturated rings. The molecular formula is C13H11N5. The second-order valence-electron chi connectivity index (χ2n) is 3.72. The maximum Gasteiger partial charge on any atom is 0.158 e. The Labute approximate surface area is 104 Å². The van der Waals surface area contributed by atoms with E-state index in [9.17, 15) is 0 Å². The monoisotopic (exact) mass is 237 g/mol. The predicted octanol–water partition coefficient (Wildman–Crippen LogP) is 2.41. The van der Waals surface area contributed by atoms with Crippen molar-refractivity contribution in [2.75, 3.05) is 5.32 Å². The van der Waals surface area contributed by atoms with Crippen molar-refractivity contribution in [2.45, 2.75) is 0 Å². The first-order chi connectivity index (χ1) is 8.92. The van der Waals surface area contributed by atoms with E-state index in [-0.39, 0.29) is 0 Å². The van der Waals surface area contributed by atoms with Gasteiger partial charge in [0.25, 0.3) is 0 Å². The first-order valence-corrected chi connectivity index (χ1v) is 5.54. The van der Waals surface area contributed by atoms with Crippen molar-refractivity contribution in [1.29, 1.82) is 0 Å². The molecule has 3 aromatic rings. The third-order valence-electron chi connectivity index (χ3n) is 2.44. The van der Waals surface area contributed by atoms with E-state index >= 15 is 0 Å². The summed E-state index contributed by atoms with van der Waals surface area (Å²) < 4.78 is 1.81. The molecule has 18 heavy (non-hydrogen) atoms. The van der Waals surface area contributed by atoms with Crippen molar-refractivity contribution in [2.24, 2.45) is 0 Å². The highest BCUT2D eigenvalue weighted by Crippen LogP contribution is 2.14. The molecule has 0 aliphatic heterocycles. The molecule has 0 atom stereocenters. The average Bonchev–Trinajstić information content (AvgIpc) is 2.94. The molecule has 5 nitrogen and oxygen atoms in total. The van der Waals surface area contributed by atoms with Crippen LogP contribution in [0.3, 0.4) is 0 Å². The number of nitrogens with one attached hydrogen (secondary N) is 1. The third-order valence-corrected chi connectivity index (χ3v) is 2.44. The molecule has 0 spiro atoms. The fourth-order valence-electron chi connectivity index (χ4n) is 1.60. The number of benzene rings is 1. The topological polar surface area (TPSA) is 55.6 Å². The highest BCUT2D eigenvalue weighted by Gasteiger charge is 2.00. The lowest BCUT2D eigenvalue weighted by atomic mass is 10.3. The number of hydrogen-bond acceptors (Lipinski definition) is 4. The van der Waals surface area contributed by atoms with Crippen molar-refractivity contribution in [3.05, 3.63) is 61.4 Å². The number of anilines is 2. The molecule has 0 aliphatic carbocycles. The van der Waals surface area contributed by atoms with Crippen LogP contribution >= 0.6 is 0 Å². The molecule has 1 aromatic carbocycles. The number of imidazole rings is 1. The van der Waals surface area contributed by atoms with Gasteiger partial charge in [-0.1, -0.05) is 18.2 Å². The SMILES string of the molecule is c1ccc(Nc2cncc(-n3ccnc3)n2)cc1. The van der Waals surface area contributed by atoms with E-state index in [0.29, 0.717) is 5.82 Å². The van der Waals surface area contributed by atoms with Gasteiger partial charge in [-0.25, -0.2) is 9.97 Å². The van der Waals surface area contributed by atoms with Gasteiger partial charge in [0.1, 0.15) is 6.33 Å². The highest BCUT2D eigenvalue weighted by atomic mass is 15.1. The molecule has 0 saturated carbocycles. The van der Waals surface area contributed by atoms with E-state index in [1.54, 1.807) is 24.9 Å². The van der Waals surface area contributed by atoms with Crippen LogP contribution in [0.15, 0.2) is 61.4 Å². The van der Waals surface area contributed by atoms with Gasteiger partial charge in [-0.2, -0.15) is 0 Å². The molecule has 5 heteroatoms. The van der Waals surface area contributed by atoms with Crippen molar-refractivity contribution in [1.82, 2.24) is 19.5 Å². The van der Waals surface area contributed by atoms with Crippen LogP contribution < -0.4 is 5.32 Å². The van der Waals surface area contributed by atoms with Gasteiger partial charge in [-0.05, 0) is 12.1 Å². The zero-order chi connectivity index (χ0) is 12.2. The van der Waals surface area contributed by atoms with Crippen molar-refractivity contribution < 1.29 is 0 Å². The number of rotatable bonds is 3. The zero-order valence-electron chi connectivity index (χ0n) is 9.56. The first-order valence-electron chi connectivity index (χ1n) is 5.54. The Morgan fingerprint density at radius 2 is 1.89 bits per heavy atom. The lowest BCUT2D eigenvalue weighted by Gasteiger charge is -2.06. The maximum absolute atomic E-state index is 4.46. The lowest BCUT2D eigenvalue weighted by Crippen LogP contribution is -2.00. The van der Waals surface area contributed by atoms with E-state index < -0.39 is 0 Å². The van der Waals surface area contributed by atoms with E-state index in [4.69, 9.17) is 0 Å². The Morgan fingerprint density at radius 3 is 2.67 bits per heavy atom. The summed E-state index contributed by atoms with van der Waals surface area (Å²) >= 11 is 0. The molecule has 1 N–H and O–H groups in total. The van der Waals surface area contributed by atoms with Gasteiger partial charge in [0.15, 0.2) is 11.6 Å². The van der Waals surface area contributed by atoms with E-state index in [2.05, 4.69) is 20.3 Å². The number of aromatic nitrogens is 4. The molecule has 0 unspecified atom stereocenters. The van der Waals surface area contributed by atoms with Crippen LogP contribution in [0.1, 0.15) is 0 Å². The Balaban J connectivity index is 1.88. The molecule has 0 radical (unpaired) electrons. The summed E-state index contributed by atoms with van der Waals surface area (Å²) in [5.41, 5.74) is 0.981. The first kappa shape index (κ1) is 10.5. The molecule has 88 valence electrons. The van der Waals surface area contributed by atoms with Gasteiger partial charge in [-0.3, -0.25) is 9.55 Å². The summed E-state index contributed by atoms with van der Waals surface area (Å²) in [6, 6.07) is 9.86. The predicted molar refractivity (Wildman–Crippen MR) is 68.9 cm³/mol. The second kappa shape index (κ2) is 4.67. The van der Waals surface area contributed by atoms with Gasteiger partial charge in [-0.15, -0.1) is 0 Å². The molecule has 0 amide bonds. The maximum atomic E-state index is 4.46. The minimum Gasteiger partial charge on any atom is -0.339 e. The molecule has 0 saturated heterocycles. The average molecular weight is 237 g/mol. The van der Waals surface area contributed by atoms with E-state index in [1.807, 2.05) is 41.1 Å². The lowest BCUT2D eigenvalue weighted by molar-refractivity contribution is 0.973. The van der Waals surface area contributed by atoms with Crippen molar-refractivity contribution in [3.63, 3.8) is 0 Å². The Bertz CT molecular complexity index is 619. The normalized spacial score (nSPS) is 10.2. The molecule has 3 rings (SSSR count). The Morgan fingerprint density at radius 1 is 1.00 bits per heavy atom. The summed E-state index contributed by atoms with van der Waals surface area (Å²) in [7, 11) is 0. The Kier molecular flexibility index (Phi) is 2.71. The third kappa shape index (κ3) is 2.20. The summed E-state index contributed by atoms with van der Waals surface area (Å²) in [6.07, 6.45) is 8.61. The van der Waals surface area contributed by atoms with Gasteiger partial charge in [0, 0.05) is 18.1 Å². The molecule has 0 aliphatic rings. The quantitative estimate of drug-likeness (QED) is 0.760. The van der Waals surface area contributed by atoms with Gasteiger partial charge < -0.3 is 5.32 Å². The van der Waals surface area contributed by atoms with Crippen LogP contribution in [0.5, 0.6) is 0 Å². The summed E-state index contributed by atoms with van der Waals surface area (Å²) in [5.74, 6) is 1.43. The van der Waals surface area contributed by atoms with Crippen LogP contribution in [0.2, 0.25) is 0 Å². The van der Waals surface area contributed by atoms with Crippen LogP contribution in [0, 0.1) is 0 Å². The minimum absolute atomic E-state index is 0.701. The molecular weight excluding hydrogens is 226 g/mol. The number of nitrogens with zero attached hydrogens (tertiary/aromatic N) is 4. The standard InChI is InChI=1S/C13H11N5/c1-2-4-11(5-3-1)16-12-8-15-9-13(17-12)18-7-6-14-10-18/h1-10H,(H,16,17). The molecule has 2 aromatic heterocycles. The largest absolute Gasteiger partial charge is 0.339 e. The highest BCUT2D eigenvalue weighted by molar-refractivity contribution is 5.55. The van der Waals surface area contributed by atoms with Crippen LogP contribution in [0.4, 0.5) is 11.5 Å². The fourth-order valence-corrected chi connectivity index (χ4v) is 1.60. The van der Waals surface area contributed by atoms with E-state index in [1.165, 1.54) is 0 Å². The van der Waals surface area contributed by atoms with Gasteiger partial charge >= 0.3 is 0 Å². The number of para-hydroxylation sites is 1. The summed E-state index contributed by atoms with van der Waals surface area (Å²) in [6.45, 7) is 0. The van der Waals surface area contributed by atoms with Gasteiger partial charge in [0.2, 0.25) is 0 Å². The van der Waals surface area contributed by atoms with Crippen LogP contribution in [-0.4, -0.2) is 19.5 Å². The Hall–Kier alpha value is -2.69. The minimum atomic E-state index is 0.701. The van der Waals surface area contributed by atoms with E-state index in [0.717, 1.165) is 11.5 Å². The molecule has 0 bridgehead atoms. The fraction of sp³-hybridized carbons (Fsp3) is 0. The summed E-state index contributed by atoms with van der Waals surface area (Å²) in [4.78, 5) is 12.6. The van der Waals surface area contributed by atoms with Crippen molar-refractivity contribution in [3.8, 4) is 5.82 Å². The molecule has 2 heterocycles.